The van der Waals surface area contributed by atoms with Crippen LogP contribution in [0.3, 0.4) is 0 Å². The Bertz CT molecular complexity index is 3460. The Hall–Kier alpha value is -8.20. The van der Waals surface area contributed by atoms with Crippen molar-refractivity contribution in [2.24, 2.45) is 0 Å². The molecular formula is C70H60N2. The molecule has 0 heterocycles. The van der Waals surface area contributed by atoms with Gasteiger partial charge in [0.25, 0.3) is 0 Å². The molecule has 12 rings (SSSR count). The lowest BCUT2D eigenvalue weighted by Gasteiger charge is -2.29. The number of aryl methyl sites for hydroxylation is 1. The summed E-state index contributed by atoms with van der Waals surface area (Å²) in [5.41, 5.74) is 24.6. The highest BCUT2D eigenvalue weighted by atomic mass is 15.1. The molecule has 0 atom stereocenters. The van der Waals surface area contributed by atoms with Gasteiger partial charge in [0.05, 0.1) is 0 Å². The molecule has 1 saturated carbocycles. The summed E-state index contributed by atoms with van der Waals surface area (Å²) in [4.78, 5) is 4.82. The number of hydrogen-bond acceptors (Lipinski definition) is 2. The van der Waals surface area contributed by atoms with Gasteiger partial charge in [-0.1, -0.05) is 191 Å². The maximum atomic E-state index is 2.50. The highest BCUT2D eigenvalue weighted by molar-refractivity contribution is 5.96. The summed E-state index contributed by atoms with van der Waals surface area (Å²) in [6, 6.07) is 89.8. The number of hydrogen-bond donors (Lipinski definition) is 0. The van der Waals surface area contributed by atoms with Crippen molar-refractivity contribution in [1.29, 1.82) is 0 Å². The van der Waals surface area contributed by atoms with E-state index in [1.54, 1.807) is 0 Å². The van der Waals surface area contributed by atoms with E-state index >= 15 is 0 Å². The van der Waals surface area contributed by atoms with Gasteiger partial charge in [-0.25, -0.2) is 0 Å². The van der Waals surface area contributed by atoms with Crippen molar-refractivity contribution in [3.63, 3.8) is 0 Å². The summed E-state index contributed by atoms with van der Waals surface area (Å²) in [7, 11) is 0. The molecule has 0 N–H and O–H groups in total. The minimum Gasteiger partial charge on any atom is -0.311 e. The van der Waals surface area contributed by atoms with Crippen LogP contribution in [-0.4, -0.2) is 0 Å². The summed E-state index contributed by atoms with van der Waals surface area (Å²) in [5, 5.41) is 0. The normalized spacial score (nSPS) is 13.8. The van der Waals surface area contributed by atoms with Crippen molar-refractivity contribution in [1.82, 2.24) is 0 Å². The van der Waals surface area contributed by atoms with Crippen molar-refractivity contribution in [2.45, 2.75) is 64.2 Å². The summed E-state index contributed by atoms with van der Waals surface area (Å²) in [5.74, 6) is 0.605. The molecule has 2 nitrogen and oxygen atoms in total. The Morgan fingerprint density at radius 1 is 0.333 bits per heavy atom. The molecule has 2 aliphatic rings. The average molecular weight is 929 g/mol. The summed E-state index contributed by atoms with van der Waals surface area (Å²) < 4.78 is 0. The lowest BCUT2D eigenvalue weighted by atomic mass is 9.82. The Morgan fingerprint density at radius 2 is 0.750 bits per heavy atom. The van der Waals surface area contributed by atoms with Crippen LogP contribution in [0.4, 0.5) is 34.1 Å². The van der Waals surface area contributed by atoms with Gasteiger partial charge in [0.1, 0.15) is 0 Å². The van der Waals surface area contributed by atoms with Crippen molar-refractivity contribution >= 4 is 34.1 Å². The number of para-hydroxylation sites is 2. The zero-order valence-corrected chi connectivity index (χ0v) is 41.6. The third kappa shape index (κ3) is 8.41. The standard InChI is InChI=1S/C70H60N2/c1-49-21-19-34-67-69(49)62-44-43-61(46-68(62)70(67,2)3)72(60-33-20-28-55(45-60)50-22-9-4-10-23-50)59-41-37-54(38-42-59)66-48-63(51-24-11-5-12-25-51)65(47-64(66)52-26-13-6-14-27-52)53-35-39-58(40-36-53)71(56-29-15-7-16-30-56)57-31-17-8-18-32-57/h5-8,11-21,24-48,50H,4,9-10,22-23H2,1-3H3. The molecule has 0 aliphatic heterocycles. The minimum absolute atomic E-state index is 0.116. The quantitative estimate of drug-likeness (QED) is 0.128. The number of anilines is 6. The van der Waals surface area contributed by atoms with Crippen LogP contribution in [0, 0.1) is 6.92 Å². The van der Waals surface area contributed by atoms with E-state index in [0.717, 1.165) is 22.7 Å². The van der Waals surface area contributed by atoms with E-state index in [9.17, 15) is 0 Å². The molecule has 0 aromatic heterocycles. The van der Waals surface area contributed by atoms with E-state index in [-0.39, 0.29) is 5.41 Å². The van der Waals surface area contributed by atoms with Crippen molar-refractivity contribution in [3.05, 3.63) is 265 Å². The molecule has 350 valence electrons. The molecule has 0 bridgehead atoms. The molecule has 0 unspecified atom stereocenters. The van der Waals surface area contributed by atoms with Gasteiger partial charge >= 0.3 is 0 Å². The fraction of sp³-hybridized carbons (Fsp3) is 0.143. The number of rotatable bonds is 11. The summed E-state index contributed by atoms with van der Waals surface area (Å²) >= 11 is 0. The molecule has 10 aromatic carbocycles. The monoisotopic (exact) mass is 928 g/mol. The molecule has 0 radical (unpaired) electrons. The second kappa shape index (κ2) is 19.2. The van der Waals surface area contributed by atoms with Crippen LogP contribution in [0.25, 0.3) is 55.6 Å². The smallest absolute Gasteiger partial charge is 0.0465 e. The van der Waals surface area contributed by atoms with E-state index in [1.165, 1.54) is 121 Å². The Kier molecular flexibility index (Phi) is 12.0. The van der Waals surface area contributed by atoms with E-state index in [1.807, 2.05) is 0 Å². The Labute approximate surface area is 426 Å². The molecule has 2 heteroatoms. The van der Waals surface area contributed by atoms with Crippen molar-refractivity contribution in [3.8, 4) is 55.6 Å². The number of nitrogens with zero attached hydrogens (tertiary/aromatic N) is 2. The fourth-order valence-electron chi connectivity index (χ4n) is 11.9. The van der Waals surface area contributed by atoms with Crippen LogP contribution in [0.1, 0.15) is 74.1 Å². The van der Waals surface area contributed by atoms with E-state index in [2.05, 4.69) is 273 Å². The van der Waals surface area contributed by atoms with Gasteiger partial charge in [0.2, 0.25) is 0 Å². The van der Waals surface area contributed by atoms with Crippen molar-refractivity contribution in [2.75, 3.05) is 9.80 Å². The van der Waals surface area contributed by atoms with Gasteiger partial charge in [-0.05, 0) is 189 Å². The van der Waals surface area contributed by atoms with Crippen LogP contribution in [0.15, 0.2) is 243 Å². The molecule has 2 aliphatic carbocycles. The molecule has 0 spiro atoms. The highest BCUT2D eigenvalue weighted by Gasteiger charge is 2.37. The van der Waals surface area contributed by atoms with Gasteiger partial charge < -0.3 is 9.80 Å². The lowest BCUT2D eigenvalue weighted by Crippen LogP contribution is -2.16. The van der Waals surface area contributed by atoms with E-state index < -0.39 is 0 Å². The largest absolute Gasteiger partial charge is 0.311 e. The first kappa shape index (κ1) is 45.0. The lowest BCUT2D eigenvalue weighted by molar-refractivity contribution is 0.443. The zero-order valence-electron chi connectivity index (χ0n) is 41.6. The van der Waals surface area contributed by atoms with Gasteiger partial charge in [-0.2, -0.15) is 0 Å². The molecule has 10 aromatic rings. The zero-order chi connectivity index (χ0) is 48.6. The topological polar surface area (TPSA) is 6.48 Å². The van der Waals surface area contributed by atoms with Crippen LogP contribution in [0.5, 0.6) is 0 Å². The predicted molar refractivity (Wildman–Crippen MR) is 306 cm³/mol. The average Bonchev–Trinajstić information content (AvgIpc) is 3.68. The molecular weight excluding hydrogens is 869 g/mol. The Morgan fingerprint density at radius 3 is 1.28 bits per heavy atom. The van der Waals surface area contributed by atoms with E-state index in [0.29, 0.717) is 5.92 Å². The van der Waals surface area contributed by atoms with Gasteiger partial charge in [0.15, 0.2) is 0 Å². The van der Waals surface area contributed by atoms with Crippen LogP contribution in [-0.2, 0) is 5.41 Å². The maximum absolute atomic E-state index is 2.50. The fourth-order valence-corrected chi connectivity index (χ4v) is 11.9. The van der Waals surface area contributed by atoms with E-state index in [4.69, 9.17) is 0 Å². The number of fused-ring (bicyclic) bond motifs is 3. The van der Waals surface area contributed by atoms with Gasteiger partial charge in [0, 0.05) is 39.5 Å². The second-order valence-corrected chi connectivity index (χ2v) is 20.4. The summed E-state index contributed by atoms with van der Waals surface area (Å²) in [6.07, 6.45) is 6.50. The first-order chi connectivity index (χ1) is 35.4. The molecule has 0 amide bonds. The first-order valence-electron chi connectivity index (χ1n) is 25.9. The highest BCUT2D eigenvalue weighted by Crippen LogP contribution is 2.52. The second-order valence-electron chi connectivity index (χ2n) is 20.4. The third-order valence-electron chi connectivity index (χ3n) is 15.6. The summed E-state index contributed by atoms with van der Waals surface area (Å²) in [6.45, 7) is 7.04. The molecule has 1 fully saturated rings. The molecule has 72 heavy (non-hydrogen) atoms. The minimum atomic E-state index is -0.116. The first-order valence-corrected chi connectivity index (χ1v) is 25.9. The number of benzene rings is 10. The van der Waals surface area contributed by atoms with Crippen LogP contribution < -0.4 is 9.80 Å². The molecule has 0 saturated heterocycles. The van der Waals surface area contributed by atoms with Crippen molar-refractivity contribution < 1.29 is 0 Å². The van der Waals surface area contributed by atoms with Crippen LogP contribution >= 0.6 is 0 Å². The maximum Gasteiger partial charge on any atom is 0.0465 e. The van der Waals surface area contributed by atoms with Gasteiger partial charge in [-0.3, -0.25) is 0 Å². The third-order valence-corrected chi connectivity index (χ3v) is 15.6. The Balaban J connectivity index is 0.982. The van der Waals surface area contributed by atoms with Gasteiger partial charge in [-0.15, -0.1) is 0 Å². The predicted octanol–water partition coefficient (Wildman–Crippen LogP) is 20.0. The van der Waals surface area contributed by atoms with Crippen LogP contribution in [0.2, 0.25) is 0 Å². The SMILES string of the molecule is Cc1cccc2c1-c1ccc(N(c3ccc(-c4cc(-c5ccccc5)c(-c5ccc(N(c6ccccc6)c6ccccc6)cc5)cc4-c4ccccc4)cc3)c3cccc(C4CCCCC4)c3)cc1C2(C)C.